The highest BCUT2D eigenvalue weighted by molar-refractivity contribution is 9.10. The van der Waals surface area contributed by atoms with Gasteiger partial charge in [-0.25, -0.2) is 0 Å². The van der Waals surface area contributed by atoms with Gasteiger partial charge in [0.25, 0.3) is 0 Å². The van der Waals surface area contributed by atoms with E-state index >= 15 is 0 Å². The van der Waals surface area contributed by atoms with Gasteiger partial charge in [0.1, 0.15) is 0 Å². The second-order valence-electron chi connectivity index (χ2n) is 4.35. The molecule has 0 aromatic heterocycles. The van der Waals surface area contributed by atoms with Gasteiger partial charge in [0.05, 0.1) is 12.5 Å². The molecule has 0 N–H and O–H groups in total. The van der Waals surface area contributed by atoms with Crippen molar-refractivity contribution in [1.29, 1.82) is 0 Å². The molecule has 1 heterocycles. The molecule has 4 heteroatoms. The zero-order valence-corrected chi connectivity index (χ0v) is 11.4. The summed E-state index contributed by atoms with van der Waals surface area (Å²) in [5, 5.41) is 0. The normalized spacial score (nSPS) is 19.3. The largest absolute Gasteiger partial charge is 0.381 e. The lowest BCUT2D eigenvalue weighted by Crippen LogP contribution is -2.32. The first-order valence-corrected chi connectivity index (χ1v) is 6.54. The number of ether oxygens (including phenoxy) is 1. The zero-order valence-electron chi connectivity index (χ0n) is 9.86. The summed E-state index contributed by atoms with van der Waals surface area (Å²) in [7, 11) is 1.85. The van der Waals surface area contributed by atoms with Crippen molar-refractivity contribution in [2.75, 3.05) is 20.3 Å². The van der Waals surface area contributed by atoms with E-state index in [1.165, 1.54) is 0 Å². The van der Waals surface area contributed by atoms with E-state index in [1.807, 2.05) is 31.3 Å². The van der Waals surface area contributed by atoms with Crippen LogP contribution in [0.4, 0.5) is 0 Å². The highest BCUT2D eigenvalue weighted by Crippen LogP contribution is 2.20. The Morgan fingerprint density at radius 2 is 2.29 bits per heavy atom. The average Bonchev–Trinajstić information content (AvgIpc) is 2.84. The van der Waals surface area contributed by atoms with Crippen molar-refractivity contribution in [3.8, 4) is 0 Å². The van der Waals surface area contributed by atoms with Gasteiger partial charge in [-0.2, -0.15) is 0 Å². The van der Waals surface area contributed by atoms with Crippen LogP contribution in [0.25, 0.3) is 0 Å². The number of amides is 1. The van der Waals surface area contributed by atoms with E-state index in [0.717, 1.165) is 16.5 Å². The van der Waals surface area contributed by atoms with Crippen LogP contribution in [-0.2, 0) is 16.1 Å². The summed E-state index contributed by atoms with van der Waals surface area (Å²) in [6, 6.07) is 7.97. The van der Waals surface area contributed by atoms with Crippen LogP contribution in [0.2, 0.25) is 0 Å². The van der Waals surface area contributed by atoms with Crippen molar-refractivity contribution in [2.24, 2.45) is 5.92 Å². The molecule has 1 saturated heterocycles. The van der Waals surface area contributed by atoms with E-state index in [2.05, 4.69) is 15.9 Å². The van der Waals surface area contributed by atoms with Gasteiger partial charge in [-0.05, 0) is 18.1 Å². The van der Waals surface area contributed by atoms with Crippen LogP contribution in [0.15, 0.2) is 28.7 Å². The minimum atomic E-state index is 0.0440. The van der Waals surface area contributed by atoms with Crippen LogP contribution in [0.3, 0.4) is 0 Å². The molecule has 1 atom stereocenters. The Bertz CT molecular complexity index is 402. The summed E-state index contributed by atoms with van der Waals surface area (Å²) in [5.41, 5.74) is 1.13. The number of halogens is 1. The number of hydrogen-bond acceptors (Lipinski definition) is 2. The van der Waals surface area contributed by atoms with Gasteiger partial charge in [0.15, 0.2) is 0 Å². The van der Waals surface area contributed by atoms with Crippen LogP contribution in [-0.4, -0.2) is 31.1 Å². The quantitative estimate of drug-likeness (QED) is 0.858. The molecule has 1 fully saturated rings. The monoisotopic (exact) mass is 297 g/mol. The minimum absolute atomic E-state index is 0.0440. The molecule has 0 bridgehead atoms. The maximum Gasteiger partial charge on any atom is 0.228 e. The molecule has 17 heavy (non-hydrogen) atoms. The minimum Gasteiger partial charge on any atom is -0.381 e. The van der Waals surface area contributed by atoms with Crippen LogP contribution >= 0.6 is 15.9 Å². The van der Waals surface area contributed by atoms with Crippen LogP contribution in [0, 0.1) is 5.92 Å². The number of benzene rings is 1. The van der Waals surface area contributed by atoms with Gasteiger partial charge in [0.2, 0.25) is 5.91 Å². The fraction of sp³-hybridized carbons (Fsp3) is 0.462. The second kappa shape index (κ2) is 5.65. The number of rotatable bonds is 3. The lowest BCUT2D eigenvalue weighted by molar-refractivity contribution is -0.134. The summed E-state index contributed by atoms with van der Waals surface area (Å²) in [6.07, 6.45) is 0.846. The van der Waals surface area contributed by atoms with Crippen LogP contribution < -0.4 is 0 Å². The third kappa shape index (κ3) is 3.07. The zero-order chi connectivity index (χ0) is 12.3. The third-order valence-corrected chi connectivity index (χ3v) is 3.79. The van der Waals surface area contributed by atoms with Gasteiger partial charge >= 0.3 is 0 Å². The molecule has 3 nitrogen and oxygen atoms in total. The molecule has 1 aliphatic heterocycles. The number of hydrogen-bond donors (Lipinski definition) is 0. The van der Waals surface area contributed by atoms with Crippen molar-refractivity contribution in [2.45, 2.75) is 13.0 Å². The highest BCUT2D eigenvalue weighted by Gasteiger charge is 2.26. The van der Waals surface area contributed by atoms with Gasteiger partial charge < -0.3 is 9.64 Å². The summed E-state index contributed by atoms with van der Waals surface area (Å²) in [5.74, 6) is 0.223. The molecule has 1 aromatic carbocycles. The van der Waals surface area contributed by atoms with E-state index in [0.29, 0.717) is 19.8 Å². The van der Waals surface area contributed by atoms with Crippen molar-refractivity contribution < 1.29 is 9.53 Å². The Morgan fingerprint density at radius 1 is 1.53 bits per heavy atom. The number of carbonyl (C=O) groups is 1. The molecule has 1 aliphatic rings. The van der Waals surface area contributed by atoms with Gasteiger partial charge in [-0.3, -0.25) is 4.79 Å². The molecule has 0 radical (unpaired) electrons. The molecule has 1 unspecified atom stereocenters. The summed E-state index contributed by atoms with van der Waals surface area (Å²) >= 11 is 3.49. The van der Waals surface area contributed by atoms with Crippen LogP contribution in [0.1, 0.15) is 12.0 Å². The Morgan fingerprint density at radius 3 is 2.94 bits per heavy atom. The Hall–Kier alpha value is -0.870. The summed E-state index contributed by atoms with van der Waals surface area (Å²) in [6.45, 7) is 1.91. The van der Waals surface area contributed by atoms with Crippen molar-refractivity contribution in [1.82, 2.24) is 4.90 Å². The second-order valence-corrected chi connectivity index (χ2v) is 5.20. The van der Waals surface area contributed by atoms with E-state index in [1.54, 1.807) is 4.90 Å². The predicted octanol–water partition coefficient (Wildman–Crippen LogP) is 2.44. The lowest BCUT2D eigenvalue weighted by Gasteiger charge is -2.20. The lowest BCUT2D eigenvalue weighted by atomic mass is 10.1. The van der Waals surface area contributed by atoms with Crippen LogP contribution in [0.5, 0.6) is 0 Å². The Balaban J connectivity index is 1.99. The molecular formula is C13H16BrNO2. The predicted molar refractivity (Wildman–Crippen MR) is 69.5 cm³/mol. The molecule has 92 valence electrons. The molecule has 0 spiro atoms. The summed E-state index contributed by atoms with van der Waals surface area (Å²) in [4.78, 5) is 13.9. The molecule has 0 aliphatic carbocycles. The first-order chi connectivity index (χ1) is 8.18. The molecular weight excluding hydrogens is 282 g/mol. The standard InChI is InChI=1S/C13H16BrNO2/c1-15(13(16)11-6-7-17-9-11)8-10-4-2-3-5-12(10)14/h2-5,11H,6-9H2,1H3. The van der Waals surface area contributed by atoms with Crippen molar-refractivity contribution >= 4 is 21.8 Å². The van der Waals surface area contributed by atoms with Gasteiger partial charge in [0, 0.05) is 24.7 Å². The van der Waals surface area contributed by atoms with Crippen molar-refractivity contribution in [3.05, 3.63) is 34.3 Å². The Kier molecular flexibility index (Phi) is 4.18. The Labute approximate surface area is 110 Å². The fourth-order valence-corrected chi connectivity index (χ4v) is 2.41. The third-order valence-electron chi connectivity index (χ3n) is 3.02. The first-order valence-electron chi connectivity index (χ1n) is 5.74. The maximum atomic E-state index is 12.1. The van der Waals surface area contributed by atoms with E-state index < -0.39 is 0 Å². The topological polar surface area (TPSA) is 29.5 Å². The fourth-order valence-electron chi connectivity index (χ4n) is 2.00. The van der Waals surface area contributed by atoms with Gasteiger partial charge in [-0.15, -0.1) is 0 Å². The average molecular weight is 298 g/mol. The van der Waals surface area contributed by atoms with Gasteiger partial charge in [-0.1, -0.05) is 34.1 Å². The van der Waals surface area contributed by atoms with E-state index in [9.17, 15) is 4.79 Å². The summed E-state index contributed by atoms with van der Waals surface area (Å²) < 4.78 is 6.29. The molecule has 0 saturated carbocycles. The molecule has 2 rings (SSSR count). The molecule has 1 aromatic rings. The first kappa shape index (κ1) is 12.6. The maximum absolute atomic E-state index is 12.1. The van der Waals surface area contributed by atoms with E-state index in [4.69, 9.17) is 4.74 Å². The van der Waals surface area contributed by atoms with E-state index in [-0.39, 0.29) is 11.8 Å². The highest BCUT2D eigenvalue weighted by atomic mass is 79.9. The van der Waals surface area contributed by atoms with Crippen molar-refractivity contribution in [3.63, 3.8) is 0 Å². The molecule has 1 amide bonds. The number of carbonyl (C=O) groups excluding carboxylic acids is 1. The number of nitrogens with zero attached hydrogens (tertiary/aromatic N) is 1. The smallest absolute Gasteiger partial charge is 0.228 e. The SMILES string of the molecule is CN(Cc1ccccc1Br)C(=O)C1CCOC1.